The van der Waals surface area contributed by atoms with E-state index in [0.717, 1.165) is 30.0 Å². The van der Waals surface area contributed by atoms with E-state index < -0.39 is 0 Å². The molecule has 0 saturated heterocycles. The normalized spacial score (nSPS) is 10.4. The average Bonchev–Trinajstić information content (AvgIpc) is 2.79. The van der Waals surface area contributed by atoms with Crippen LogP contribution in [0.4, 0.5) is 0 Å². The molecule has 0 spiro atoms. The number of hydrogen-bond acceptors (Lipinski definition) is 3. The third-order valence-corrected chi connectivity index (χ3v) is 2.67. The standard InChI is InChI=1S/C12H14N4S/c1-2-4-9-7-11(15-8-14-9)16-6-3-5-10(16)12(13)17/h3,5-8H,2,4H2,1H3,(H2,13,17). The predicted molar refractivity (Wildman–Crippen MR) is 71.2 cm³/mol. The first-order valence-electron chi connectivity index (χ1n) is 5.51. The average molecular weight is 246 g/mol. The topological polar surface area (TPSA) is 56.7 Å². The lowest BCUT2D eigenvalue weighted by Gasteiger charge is -2.07. The SMILES string of the molecule is CCCc1cc(-n2cccc2C(N)=S)ncn1. The molecule has 0 unspecified atom stereocenters. The van der Waals surface area contributed by atoms with E-state index in [2.05, 4.69) is 16.9 Å². The summed E-state index contributed by atoms with van der Waals surface area (Å²) in [6.07, 6.45) is 5.47. The smallest absolute Gasteiger partial charge is 0.140 e. The fourth-order valence-corrected chi connectivity index (χ4v) is 1.86. The van der Waals surface area contributed by atoms with Gasteiger partial charge in [0.15, 0.2) is 0 Å². The fraction of sp³-hybridized carbons (Fsp3) is 0.250. The molecule has 17 heavy (non-hydrogen) atoms. The molecule has 0 aliphatic rings. The summed E-state index contributed by atoms with van der Waals surface area (Å²) in [5, 5.41) is 0. The Bertz CT molecular complexity index is 533. The predicted octanol–water partition coefficient (Wildman–Crippen LogP) is 1.85. The van der Waals surface area contributed by atoms with Crippen molar-refractivity contribution in [3.8, 4) is 5.82 Å². The van der Waals surface area contributed by atoms with E-state index in [4.69, 9.17) is 18.0 Å². The highest BCUT2D eigenvalue weighted by Crippen LogP contribution is 2.11. The number of nitrogens with two attached hydrogens (primary N) is 1. The number of nitrogens with zero attached hydrogens (tertiary/aromatic N) is 3. The number of hydrogen-bond donors (Lipinski definition) is 1. The largest absolute Gasteiger partial charge is 0.388 e. The first-order valence-corrected chi connectivity index (χ1v) is 5.91. The molecule has 2 aromatic rings. The van der Waals surface area contributed by atoms with Crippen molar-refractivity contribution in [2.45, 2.75) is 19.8 Å². The monoisotopic (exact) mass is 246 g/mol. The molecule has 0 saturated carbocycles. The number of rotatable bonds is 4. The molecule has 2 aromatic heterocycles. The van der Waals surface area contributed by atoms with Gasteiger partial charge in [0, 0.05) is 18.0 Å². The maximum Gasteiger partial charge on any atom is 0.140 e. The molecule has 0 aliphatic heterocycles. The Hall–Kier alpha value is -1.75. The van der Waals surface area contributed by atoms with Gasteiger partial charge in [-0.15, -0.1) is 0 Å². The lowest BCUT2D eigenvalue weighted by Crippen LogP contribution is -2.15. The number of thiocarbonyl (C=S) groups is 1. The van der Waals surface area contributed by atoms with Gasteiger partial charge in [0.2, 0.25) is 0 Å². The molecule has 0 aromatic carbocycles. The van der Waals surface area contributed by atoms with Gasteiger partial charge in [-0.2, -0.15) is 0 Å². The highest BCUT2D eigenvalue weighted by molar-refractivity contribution is 7.80. The third-order valence-electron chi connectivity index (χ3n) is 2.46. The molecule has 0 fully saturated rings. The zero-order valence-corrected chi connectivity index (χ0v) is 10.4. The van der Waals surface area contributed by atoms with Gasteiger partial charge in [-0.05, 0) is 18.6 Å². The second-order valence-electron chi connectivity index (χ2n) is 3.75. The Morgan fingerprint density at radius 1 is 1.47 bits per heavy atom. The van der Waals surface area contributed by atoms with E-state index in [1.165, 1.54) is 0 Å². The van der Waals surface area contributed by atoms with Crippen LogP contribution in [0.5, 0.6) is 0 Å². The maximum absolute atomic E-state index is 5.66. The molecular formula is C12H14N4S. The zero-order valence-electron chi connectivity index (χ0n) is 9.63. The number of aromatic nitrogens is 3. The zero-order chi connectivity index (χ0) is 12.3. The van der Waals surface area contributed by atoms with Crippen molar-refractivity contribution in [2.24, 2.45) is 5.73 Å². The van der Waals surface area contributed by atoms with Crippen molar-refractivity contribution in [3.05, 3.63) is 42.1 Å². The molecule has 4 nitrogen and oxygen atoms in total. The van der Waals surface area contributed by atoms with E-state index in [-0.39, 0.29) is 0 Å². The van der Waals surface area contributed by atoms with Crippen molar-refractivity contribution in [2.75, 3.05) is 0 Å². The van der Waals surface area contributed by atoms with Crippen LogP contribution in [-0.2, 0) is 6.42 Å². The van der Waals surface area contributed by atoms with Crippen LogP contribution in [0.25, 0.3) is 5.82 Å². The first-order chi connectivity index (χ1) is 8.22. The summed E-state index contributed by atoms with van der Waals surface area (Å²) < 4.78 is 1.88. The van der Waals surface area contributed by atoms with Gasteiger partial charge >= 0.3 is 0 Å². The van der Waals surface area contributed by atoms with Crippen LogP contribution in [0, 0.1) is 0 Å². The molecule has 5 heteroatoms. The maximum atomic E-state index is 5.66. The molecule has 2 heterocycles. The van der Waals surface area contributed by atoms with Crippen molar-refractivity contribution < 1.29 is 0 Å². The summed E-state index contributed by atoms with van der Waals surface area (Å²) in [6.45, 7) is 2.12. The second-order valence-corrected chi connectivity index (χ2v) is 4.19. The Kier molecular flexibility index (Phi) is 3.49. The Balaban J connectivity index is 2.42. The summed E-state index contributed by atoms with van der Waals surface area (Å²) in [7, 11) is 0. The van der Waals surface area contributed by atoms with Gasteiger partial charge in [0.1, 0.15) is 17.1 Å². The summed E-state index contributed by atoms with van der Waals surface area (Å²) >= 11 is 5.00. The van der Waals surface area contributed by atoms with E-state index in [0.29, 0.717) is 4.99 Å². The summed E-state index contributed by atoms with van der Waals surface area (Å²) in [5.41, 5.74) is 7.48. The van der Waals surface area contributed by atoms with E-state index in [1.54, 1.807) is 6.33 Å². The Morgan fingerprint density at radius 3 is 3.00 bits per heavy atom. The van der Waals surface area contributed by atoms with Crippen molar-refractivity contribution in [1.82, 2.24) is 14.5 Å². The highest BCUT2D eigenvalue weighted by Gasteiger charge is 2.07. The van der Waals surface area contributed by atoms with Crippen LogP contribution in [0.15, 0.2) is 30.7 Å². The third kappa shape index (κ3) is 2.50. The van der Waals surface area contributed by atoms with Gasteiger partial charge in [0.05, 0.1) is 5.69 Å². The van der Waals surface area contributed by atoms with E-state index in [1.807, 2.05) is 29.0 Å². The second kappa shape index (κ2) is 5.05. The lowest BCUT2D eigenvalue weighted by molar-refractivity contribution is 0.857. The quantitative estimate of drug-likeness (QED) is 0.837. The van der Waals surface area contributed by atoms with Gasteiger partial charge < -0.3 is 5.73 Å². The molecule has 2 N–H and O–H groups in total. The van der Waals surface area contributed by atoms with Gasteiger partial charge in [-0.3, -0.25) is 4.57 Å². The van der Waals surface area contributed by atoms with Gasteiger partial charge in [0.25, 0.3) is 0 Å². The van der Waals surface area contributed by atoms with E-state index >= 15 is 0 Å². The van der Waals surface area contributed by atoms with Crippen LogP contribution in [0.2, 0.25) is 0 Å². The minimum atomic E-state index is 0.366. The van der Waals surface area contributed by atoms with Crippen LogP contribution < -0.4 is 5.73 Å². The number of aryl methyl sites for hydroxylation is 1. The van der Waals surface area contributed by atoms with Crippen molar-refractivity contribution >= 4 is 17.2 Å². The molecule has 0 atom stereocenters. The minimum absolute atomic E-state index is 0.366. The van der Waals surface area contributed by atoms with Crippen LogP contribution in [0.3, 0.4) is 0 Å². The lowest BCUT2D eigenvalue weighted by atomic mass is 10.2. The summed E-state index contributed by atoms with van der Waals surface area (Å²) in [6, 6.07) is 5.74. The molecule has 0 bridgehead atoms. The van der Waals surface area contributed by atoms with Gasteiger partial charge in [-0.25, -0.2) is 9.97 Å². The van der Waals surface area contributed by atoms with Crippen LogP contribution in [-0.4, -0.2) is 19.5 Å². The van der Waals surface area contributed by atoms with E-state index in [9.17, 15) is 0 Å². The van der Waals surface area contributed by atoms with Crippen LogP contribution >= 0.6 is 12.2 Å². The summed E-state index contributed by atoms with van der Waals surface area (Å²) in [5.74, 6) is 0.802. The van der Waals surface area contributed by atoms with Crippen molar-refractivity contribution in [3.63, 3.8) is 0 Å². The van der Waals surface area contributed by atoms with Crippen molar-refractivity contribution in [1.29, 1.82) is 0 Å². The molecule has 0 amide bonds. The highest BCUT2D eigenvalue weighted by atomic mass is 32.1. The molecular weight excluding hydrogens is 232 g/mol. The van der Waals surface area contributed by atoms with Crippen LogP contribution in [0.1, 0.15) is 24.7 Å². The Labute approximate surface area is 106 Å². The molecule has 2 rings (SSSR count). The fourth-order valence-electron chi connectivity index (χ4n) is 1.69. The Morgan fingerprint density at radius 2 is 2.29 bits per heavy atom. The first kappa shape index (κ1) is 11.7. The molecule has 88 valence electrons. The summed E-state index contributed by atoms with van der Waals surface area (Å²) in [4.78, 5) is 8.84. The van der Waals surface area contributed by atoms with Gasteiger partial charge in [-0.1, -0.05) is 25.6 Å². The molecule has 0 radical (unpaired) electrons. The minimum Gasteiger partial charge on any atom is -0.388 e. The molecule has 0 aliphatic carbocycles.